The molecule has 0 amide bonds. The fourth-order valence-electron chi connectivity index (χ4n) is 2.26. The van der Waals surface area contributed by atoms with Gasteiger partial charge in [0.25, 0.3) is 0 Å². The van der Waals surface area contributed by atoms with Gasteiger partial charge in [0, 0.05) is 24.2 Å². The second-order valence-corrected chi connectivity index (χ2v) is 4.51. The Labute approximate surface area is 102 Å². The number of aromatic nitrogens is 1. The van der Waals surface area contributed by atoms with Crippen LogP contribution in [0.2, 0.25) is 0 Å². The molecule has 1 atom stereocenters. The molecule has 0 saturated heterocycles. The average molecular weight is 232 g/mol. The molecule has 0 radical (unpaired) electrons. The topological polar surface area (TPSA) is 37.2 Å². The van der Waals surface area contributed by atoms with Crippen LogP contribution in [0.25, 0.3) is 10.9 Å². The number of phenols is 1. The van der Waals surface area contributed by atoms with Crippen molar-refractivity contribution in [3.63, 3.8) is 0 Å². The summed E-state index contributed by atoms with van der Waals surface area (Å²) >= 11 is 0. The number of fused-ring (bicyclic) bond motifs is 1. The van der Waals surface area contributed by atoms with Crippen LogP contribution in [0.15, 0.2) is 24.4 Å². The summed E-state index contributed by atoms with van der Waals surface area (Å²) in [6.07, 6.45) is 3.13. The quantitative estimate of drug-likeness (QED) is 0.850. The van der Waals surface area contributed by atoms with Gasteiger partial charge in [0.05, 0.1) is 5.52 Å². The van der Waals surface area contributed by atoms with E-state index >= 15 is 0 Å². The molecule has 1 aromatic heterocycles. The predicted octanol–water partition coefficient (Wildman–Crippen LogP) is 2.52. The van der Waals surface area contributed by atoms with Crippen molar-refractivity contribution in [1.29, 1.82) is 0 Å². The molecule has 1 heterocycles. The Balaban J connectivity index is 2.53. The number of hydrogen-bond acceptors (Lipinski definition) is 2. The molecule has 1 aromatic carbocycles. The molecule has 2 rings (SSSR count). The third-order valence-electron chi connectivity index (χ3n) is 3.32. The number of nitrogens with zero attached hydrogens (tertiary/aromatic N) is 1. The lowest BCUT2D eigenvalue weighted by atomic mass is 10.1. The van der Waals surface area contributed by atoms with Crippen LogP contribution in [-0.4, -0.2) is 22.8 Å². The number of rotatable bonds is 4. The van der Waals surface area contributed by atoms with E-state index in [1.165, 1.54) is 5.56 Å². The van der Waals surface area contributed by atoms with Gasteiger partial charge in [-0.3, -0.25) is 0 Å². The molecular formula is C14H20N2O. The maximum absolute atomic E-state index is 9.95. The fourth-order valence-corrected chi connectivity index (χ4v) is 2.26. The van der Waals surface area contributed by atoms with Crippen LogP contribution < -0.4 is 5.32 Å². The summed E-state index contributed by atoms with van der Waals surface area (Å²) in [5.41, 5.74) is 2.24. The number of aryl methyl sites for hydroxylation is 1. The van der Waals surface area contributed by atoms with E-state index in [4.69, 9.17) is 0 Å². The molecule has 3 heteroatoms. The standard InChI is InChI=1S/C14H20N2O/c1-4-16-9-11(8-10(2)15-3)12-6-5-7-13(17)14(12)16/h5-7,9-10,15,17H,4,8H2,1-3H3. The summed E-state index contributed by atoms with van der Waals surface area (Å²) in [5, 5.41) is 14.4. The first-order valence-corrected chi connectivity index (χ1v) is 6.14. The monoisotopic (exact) mass is 232 g/mol. The van der Waals surface area contributed by atoms with Gasteiger partial charge in [-0.25, -0.2) is 0 Å². The highest BCUT2D eigenvalue weighted by Gasteiger charge is 2.12. The molecular weight excluding hydrogens is 212 g/mol. The molecule has 2 aromatic rings. The number of aromatic hydroxyl groups is 1. The smallest absolute Gasteiger partial charge is 0.139 e. The van der Waals surface area contributed by atoms with E-state index in [9.17, 15) is 5.11 Å². The van der Waals surface area contributed by atoms with E-state index in [-0.39, 0.29) is 0 Å². The largest absolute Gasteiger partial charge is 0.506 e. The summed E-state index contributed by atoms with van der Waals surface area (Å²) in [6.45, 7) is 5.14. The van der Waals surface area contributed by atoms with E-state index in [0.29, 0.717) is 11.8 Å². The minimum atomic E-state index is 0.368. The number of nitrogens with one attached hydrogen (secondary N) is 1. The van der Waals surface area contributed by atoms with Gasteiger partial charge in [-0.1, -0.05) is 12.1 Å². The zero-order chi connectivity index (χ0) is 12.4. The summed E-state index contributed by atoms with van der Waals surface area (Å²) in [4.78, 5) is 0. The van der Waals surface area contributed by atoms with Crippen LogP contribution in [0, 0.1) is 0 Å². The first-order chi connectivity index (χ1) is 8.17. The average Bonchev–Trinajstić information content (AvgIpc) is 2.69. The number of phenolic OH excluding ortho intramolecular Hbond substituents is 1. The van der Waals surface area contributed by atoms with Gasteiger partial charge in [-0.05, 0) is 38.9 Å². The Bertz CT molecular complexity index is 516. The van der Waals surface area contributed by atoms with E-state index in [1.54, 1.807) is 6.07 Å². The van der Waals surface area contributed by atoms with Crippen LogP contribution >= 0.6 is 0 Å². The second-order valence-electron chi connectivity index (χ2n) is 4.51. The summed E-state index contributed by atoms with van der Waals surface area (Å²) in [7, 11) is 1.97. The van der Waals surface area contributed by atoms with Crippen molar-refractivity contribution < 1.29 is 5.11 Å². The van der Waals surface area contributed by atoms with Crippen LogP contribution in [0.1, 0.15) is 19.4 Å². The van der Waals surface area contributed by atoms with Gasteiger partial charge in [0.2, 0.25) is 0 Å². The Morgan fingerprint density at radius 1 is 1.41 bits per heavy atom. The minimum Gasteiger partial charge on any atom is -0.506 e. The van der Waals surface area contributed by atoms with Gasteiger partial charge in [0.15, 0.2) is 0 Å². The van der Waals surface area contributed by atoms with Crippen molar-refractivity contribution >= 4 is 10.9 Å². The first-order valence-electron chi connectivity index (χ1n) is 6.14. The van der Waals surface area contributed by atoms with Gasteiger partial charge >= 0.3 is 0 Å². The van der Waals surface area contributed by atoms with E-state index < -0.39 is 0 Å². The molecule has 2 N–H and O–H groups in total. The van der Waals surface area contributed by atoms with Crippen LogP contribution in [0.5, 0.6) is 5.75 Å². The summed E-state index contributed by atoms with van der Waals surface area (Å²) < 4.78 is 2.11. The van der Waals surface area contributed by atoms with Crippen LogP contribution in [0.3, 0.4) is 0 Å². The highest BCUT2D eigenvalue weighted by atomic mass is 16.3. The first kappa shape index (κ1) is 12.0. The lowest BCUT2D eigenvalue weighted by molar-refractivity contribution is 0.478. The van der Waals surface area contributed by atoms with Gasteiger partial charge in [-0.15, -0.1) is 0 Å². The number of benzene rings is 1. The molecule has 1 unspecified atom stereocenters. The molecule has 92 valence electrons. The van der Waals surface area contributed by atoms with Crippen molar-refractivity contribution in [2.75, 3.05) is 7.05 Å². The summed E-state index contributed by atoms with van der Waals surface area (Å²) in [5.74, 6) is 0.368. The maximum Gasteiger partial charge on any atom is 0.139 e. The normalized spacial score (nSPS) is 13.1. The van der Waals surface area contributed by atoms with Crippen molar-refractivity contribution in [3.05, 3.63) is 30.0 Å². The maximum atomic E-state index is 9.95. The third-order valence-corrected chi connectivity index (χ3v) is 3.32. The Morgan fingerprint density at radius 3 is 2.82 bits per heavy atom. The number of para-hydroxylation sites is 1. The van der Waals surface area contributed by atoms with Crippen molar-refractivity contribution in [2.24, 2.45) is 0 Å². The van der Waals surface area contributed by atoms with Crippen molar-refractivity contribution in [2.45, 2.75) is 32.9 Å². The molecule has 17 heavy (non-hydrogen) atoms. The van der Waals surface area contributed by atoms with Crippen LogP contribution in [-0.2, 0) is 13.0 Å². The Kier molecular flexibility index (Phi) is 3.38. The highest BCUT2D eigenvalue weighted by molar-refractivity contribution is 5.89. The molecule has 0 aliphatic heterocycles. The molecule has 3 nitrogen and oxygen atoms in total. The SMILES string of the molecule is CCn1cc(CC(C)NC)c2cccc(O)c21. The third kappa shape index (κ3) is 2.15. The highest BCUT2D eigenvalue weighted by Crippen LogP contribution is 2.29. The lowest BCUT2D eigenvalue weighted by Gasteiger charge is -2.08. The van der Waals surface area contributed by atoms with Crippen molar-refractivity contribution in [1.82, 2.24) is 9.88 Å². The van der Waals surface area contributed by atoms with Gasteiger partial charge in [-0.2, -0.15) is 0 Å². The molecule has 0 saturated carbocycles. The second kappa shape index (κ2) is 4.80. The Hall–Kier alpha value is -1.48. The predicted molar refractivity (Wildman–Crippen MR) is 71.5 cm³/mol. The fraction of sp³-hybridized carbons (Fsp3) is 0.429. The molecule has 0 aliphatic rings. The minimum absolute atomic E-state index is 0.368. The van der Waals surface area contributed by atoms with E-state index in [2.05, 4.69) is 36.0 Å². The van der Waals surface area contributed by atoms with Gasteiger partial charge in [0.1, 0.15) is 5.75 Å². The van der Waals surface area contributed by atoms with Crippen molar-refractivity contribution in [3.8, 4) is 5.75 Å². The number of likely N-dealkylation sites (N-methyl/N-ethyl adjacent to an activating group) is 1. The van der Waals surface area contributed by atoms with E-state index in [1.807, 2.05) is 13.1 Å². The molecule has 0 fully saturated rings. The number of hydrogen-bond donors (Lipinski definition) is 2. The Morgan fingerprint density at radius 2 is 2.18 bits per heavy atom. The van der Waals surface area contributed by atoms with Crippen LogP contribution in [0.4, 0.5) is 0 Å². The lowest BCUT2D eigenvalue weighted by Crippen LogP contribution is -2.23. The molecule has 0 bridgehead atoms. The zero-order valence-electron chi connectivity index (χ0n) is 10.7. The zero-order valence-corrected chi connectivity index (χ0v) is 10.7. The molecule has 0 aliphatic carbocycles. The summed E-state index contributed by atoms with van der Waals surface area (Å²) in [6, 6.07) is 6.18. The van der Waals surface area contributed by atoms with E-state index in [0.717, 1.165) is 23.9 Å². The van der Waals surface area contributed by atoms with Gasteiger partial charge < -0.3 is 15.0 Å². The molecule has 0 spiro atoms.